The first-order valence-corrected chi connectivity index (χ1v) is 11.6. The number of fused-ring (bicyclic) bond motifs is 2. The van der Waals surface area contributed by atoms with Crippen molar-refractivity contribution in [2.75, 3.05) is 11.1 Å². The molecule has 4 N–H and O–H groups in total. The first kappa shape index (κ1) is 20.9. The number of nitrogens with one attached hydrogen (secondary N) is 1. The number of rotatable bonds is 4. The van der Waals surface area contributed by atoms with Crippen LogP contribution in [0.25, 0.3) is 33.3 Å². The standard InChI is InChI=1S/C25H23ClN6O2/c1-13-8-15(26)9-20-22(13)34-25(31-20)30-16-4-2-14(3-5-16)19-11-32(17-6-7-18(33)10-17)24-21(19)23(27)28-12-29-24/h2-5,8-9,11-12,17-18,33H,6-7,10H2,1H3,(H,30,31)(H2,27,28,29)/t17-,18+/m1/s1. The summed E-state index contributed by atoms with van der Waals surface area (Å²) < 4.78 is 8.01. The first-order chi connectivity index (χ1) is 16.5. The second-order valence-corrected chi connectivity index (χ2v) is 9.26. The number of nitrogen functional groups attached to an aromatic ring is 1. The molecule has 2 atom stereocenters. The van der Waals surface area contributed by atoms with Crippen LogP contribution in [0, 0.1) is 6.92 Å². The first-order valence-electron chi connectivity index (χ1n) is 11.2. The second kappa shape index (κ2) is 8.00. The van der Waals surface area contributed by atoms with E-state index in [4.69, 9.17) is 21.8 Å². The largest absolute Gasteiger partial charge is 0.423 e. The number of oxazole rings is 1. The van der Waals surface area contributed by atoms with E-state index in [1.165, 1.54) is 6.33 Å². The number of anilines is 3. The van der Waals surface area contributed by atoms with Crippen molar-refractivity contribution < 1.29 is 9.52 Å². The van der Waals surface area contributed by atoms with E-state index in [9.17, 15) is 5.11 Å². The summed E-state index contributed by atoms with van der Waals surface area (Å²) in [5.74, 6) is 0.444. The molecule has 2 aromatic carbocycles. The van der Waals surface area contributed by atoms with Crippen LogP contribution >= 0.6 is 11.6 Å². The zero-order valence-electron chi connectivity index (χ0n) is 18.5. The normalized spacial score (nSPS) is 18.2. The molecule has 34 heavy (non-hydrogen) atoms. The molecule has 5 aromatic rings. The number of aliphatic hydroxyl groups is 1. The van der Waals surface area contributed by atoms with Gasteiger partial charge in [-0.25, -0.2) is 9.97 Å². The number of benzene rings is 2. The number of halogens is 1. The van der Waals surface area contributed by atoms with Gasteiger partial charge in [0.2, 0.25) is 0 Å². The maximum Gasteiger partial charge on any atom is 0.300 e. The van der Waals surface area contributed by atoms with Gasteiger partial charge in [-0.3, -0.25) is 0 Å². The molecular formula is C25H23ClN6O2. The zero-order chi connectivity index (χ0) is 23.4. The predicted molar refractivity (Wildman–Crippen MR) is 133 cm³/mol. The van der Waals surface area contributed by atoms with Gasteiger partial charge in [-0.1, -0.05) is 23.7 Å². The zero-order valence-corrected chi connectivity index (χ0v) is 19.3. The Morgan fingerprint density at radius 3 is 2.76 bits per heavy atom. The maximum absolute atomic E-state index is 10.0. The summed E-state index contributed by atoms with van der Waals surface area (Å²) in [4.78, 5) is 13.2. The number of aryl methyl sites for hydroxylation is 1. The van der Waals surface area contributed by atoms with E-state index in [1.54, 1.807) is 6.07 Å². The van der Waals surface area contributed by atoms with Gasteiger partial charge >= 0.3 is 0 Å². The molecule has 0 radical (unpaired) electrons. The number of nitrogens with two attached hydrogens (primary N) is 1. The van der Waals surface area contributed by atoms with E-state index in [2.05, 4.69) is 31.0 Å². The Morgan fingerprint density at radius 2 is 2.00 bits per heavy atom. The highest BCUT2D eigenvalue weighted by Gasteiger charge is 2.27. The van der Waals surface area contributed by atoms with Gasteiger partial charge in [0.15, 0.2) is 5.58 Å². The van der Waals surface area contributed by atoms with Crippen molar-refractivity contribution in [3.05, 3.63) is 59.5 Å². The summed E-state index contributed by atoms with van der Waals surface area (Å²) >= 11 is 6.14. The monoisotopic (exact) mass is 474 g/mol. The van der Waals surface area contributed by atoms with Crippen LogP contribution in [-0.2, 0) is 0 Å². The number of nitrogens with zero attached hydrogens (tertiary/aromatic N) is 4. The van der Waals surface area contributed by atoms with E-state index >= 15 is 0 Å². The summed E-state index contributed by atoms with van der Waals surface area (Å²) in [6.45, 7) is 1.94. The van der Waals surface area contributed by atoms with E-state index < -0.39 is 0 Å². The molecule has 3 aromatic heterocycles. The highest BCUT2D eigenvalue weighted by molar-refractivity contribution is 6.31. The summed E-state index contributed by atoms with van der Waals surface area (Å²) in [7, 11) is 0. The van der Waals surface area contributed by atoms with Crippen molar-refractivity contribution >= 4 is 51.3 Å². The van der Waals surface area contributed by atoms with E-state index in [0.29, 0.717) is 34.4 Å². The fraction of sp³-hybridized carbons (Fsp3) is 0.240. The third kappa shape index (κ3) is 3.55. The van der Waals surface area contributed by atoms with Crippen LogP contribution in [0.2, 0.25) is 5.02 Å². The van der Waals surface area contributed by atoms with Crippen LogP contribution in [0.15, 0.2) is 53.3 Å². The SMILES string of the molecule is Cc1cc(Cl)cc2nc(Nc3ccc(-c4cn([C@@H]5CC[C@H](O)C5)c5ncnc(N)c45)cc3)oc12. The lowest BCUT2D eigenvalue weighted by molar-refractivity contribution is 0.178. The average Bonchev–Trinajstić information content (AvgIpc) is 3.51. The third-order valence-corrected chi connectivity index (χ3v) is 6.72. The minimum absolute atomic E-state index is 0.192. The number of aromatic nitrogens is 4. The molecule has 0 bridgehead atoms. The molecule has 6 rings (SSSR count). The molecule has 1 aliphatic carbocycles. The van der Waals surface area contributed by atoms with E-state index in [-0.39, 0.29) is 12.1 Å². The summed E-state index contributed by atoms with van der Waals surface area (Å²) in [5, 5.41) is 14.7. The van der Waals surface area contributed by atoms with Gasteiger partial charge in [0.1, 0.15) is 23.3 Å². The molecule has 0 unspecified atom stereocenters. The Labute approximate surface area is 200 Å². The van der Waals surface area contributed by atoms with Gasteiger partial charge in [-0.2, -0.15) is 4.98 Å². The minimum Gasteiger partial charge on any atom is -0.423 e. The lowest BCUT2D eigenvalue weighted by Gasteiger charge is -2.12. The van der Waals surface area contributed by atoms with Crippen molar-refractivity contribution in [3.63, 3.8) is 0 Å². The van der Waals surface area contributed by atoms with Crippen LogP contribution in [-0.4, -0.2) is 30.7 Å². The molecule has 0 saturated heterocycles. The van der Waals surface area contributed by atoms with Crippen LogP contribution in [0.1, 0.15) is 30.9 Å². The molecule has 1 aliphatic rings. The summed E-state index contributed by atoms with van der Waals surface area (Å²) in [6, 6.07) is 12.2. The minimum atomic E-state index is -0.276. The van der Waals surface area contributed by atoms with Crippen molar-refractivity contribution in [1.29, 1.82) is 0 Å². The number of hydrogen-bond donors (Lipinski definition) is 3. The van der Waals surface area contributed by atoms with Gasteiger partial charge in [-0.05, 0) is 61.6 Å². The molecule has 1 fully saturated rings. The molecule has 3 heterocycles. The number of hydrogen-bond acceptors (Lipinski definition) is 7. The summed E-state index contributed by atoms with van der Waals surface area (Å²) in [6.07, 6.45) is 5.71. The van der Waals surface area contributed by atoms with Gasteiger partial charge < -0.3 is 25.1 Å². The van der Waals surface area contributed by atoms with Crippen LogP contribution < -0.4 is 11.1 Å². The van der Waals surface area contributed by atoms with E-state index in [0.717, 1.165) is 46.3 Å². The quantitative estimate of drug-likeness (QED) is 0.310. The Balaban J connectivity index is 1.34. The van der Waals surface area contributed by atoms with Gasteiger partial charge in [0.25, 0.3) is 6.01 Å². The highest BCUT2D eigenvalue weighted by atomic mass is 35.5. The van der Waals surface area contributed by atoms with Crippen molar-refractivity contribution in [2.45, 2.75) is 38.3 Å². The molecule has 172 valence electrons. The number of aliphatic hydroxyl groups excluding tert-OH is 1. The van der Waals surface area contributed by atoms with Gasteiger partial charge in [-0.15, -0.1) is 0 Å². The molecule has 0 spiro atoms. The molecule has 0 aliphatic heterocycles. The molecular weight excluding hydrogens is 452 g/mol. The topological polar surface area (TPSA) is 115 Å². The Morgan fingerprint density at radius 1 is 1.18 bits per heavy atom. The third-order valence-electron chi connectivity index (χ3n) is 6.50. The molecule has 1 saturated carbocycles. The van der Waals surface area contributed by atoms with Crippen molar-refractivity contribution in [3.8, 4) is 11.1 Å². The molecule has 8 nitrogen and oxygen atoms in total. The highest BCUT2D eigenvalue weighted by Crippen LogP contribution is 2.39. The van der Waals surface area contributed by atoms with E-state index in [1.807, 2.05) is 37.3 Å². The van der Waals surface area contributed by atoms with Gasteiger partial charge in [0, 0.05) is 28.5 Å². The lowest BCUT2D eigenvalue weighted by Crippen LogP contribution is -2.07. The smallest absolute Gasteiger partial charge is 0.300 e. The second-order valence-electron chi connectivity index (χ2n) is 8.82. The van der Waals surface area contributed by atoms with Crippen molar-refractivity contribution in [1.82, 2.24) is 19.5 Å². The van der Waals surface area contributed by atoms with Crippen LogP contribution in [0.5, 0.6) is 0 Å². The summed E-state index contributed by atoms with van der Waals surface area (Å²) in [5.41, 5.74) is 12.2. The predicted octanol–water partition coefficient (Wildman–Crippen LogP) is 5.61. The molecule has 9 heteroatoms. The maximum atomic E-state index is 10.0. The Hall–Kier alpha value is -3.62. The fourth-order valence-corrected chi connectivity index (χ4v) is 5.13. The van der Waals surface area contributed by atoms with Crippen LogP contribution in [0.4, 0.5) is 17.5 Å². The van der Waals surface area contributed by atoms with Crippen molar-refractivity contribution in [2.24, 2.45) is 0 Å². The fourth-order valence-electron chi connectivity index (χ4n) is 4.86. The lowest BCUT2D eigenvalue weighted by atomic mass is 10.1. The van der Waals surface area contributed by atoms with Gasteiger partial charge in [0.05, 0.1) is 11.5 Å². The Kier molecular flexibility index (Phi) is 4.93. The van der Waals surface area contributed by atoms with Crippen LogP contribution in [0.3, 0.4) is 0 Å². The Bertz CT molecular complexity index is 1520. The molecule has 0 amide bonds. The average molecular weight is 475 g/mol.